The molecule has 2 unspecified atom stereocenters. The molecule has 1 heterocycles. The fourth-order valence-corrected chi connectivity index (χ4v) is 2.54. The Morgan fingerprint density at radius 2 is 2.11 bits per heavy atom. The second-order valence-corrected chi connectivity index (χ2v) is 6.36. The number of piperidine rings is 1. The number of amides is 1. The minimum Gasteiger partial charge on any atom is -0.353 e. The van der Waals surface area contributed by atoms with Gasteiger partial charge in [0.2, 0.25) is 5.91 Å². The topological polar surface area (TPSA) is 44.4 Å². The first kappa shape index (κ1) is 16.4. The highest BCUT2D eigenvalue weighted by molar-refractivity contribution is 5.78. The van der Waals surface area contributed by atoms with Gasteiger partial charge in [0.15, 0.2) is 0 Å². The van der Waals surface area contributed by atoms with E-state index in [1.165, 1.54) is 19.3 Å². The van der Waals surface area contributed by atoms with Gasteiger partial charge in [-0.3, -0.25) is 9.69 Å². The van der Waals surface area contributed by atoms with Crippen LogP contribution in [0.4, 0.5) is 0 Å². The lowest BCUT2D eigenvalue weighted by Crippen LogP contribution is -2.48. The first-order chi connectivity index (χ1) is 8.99. The molecule has 1 rings (SSSR count). The molecule has 0 aliphatic carbocycles. The van der Waals surface area contributed by atoms with Gasteiger partial charge < -0.3 is 10.6 Å². The number of nitrogens with one attached hydrogen (secondary N) is 2. The second kappa shape index (κ2) is 8.54. The lowest BCUT2D eigenvalue weighted by Gasteiger charge is -2.31. The first-order valence-electron chi connectivity index (χ1n) is 7.69. The molecule has 1 saturated heterocycles. The van der Waals surface area contributed by atoms with Crippen LogP contribution in [0, 0.1) is 5.92 Å². The van der Waals surface area contributed by atoms with Crippen molar-refractivity contribution in [3.63, 3.8) is 0 Å². The van der Waals surface area contributed by atoms with Crippen LogP contribution in [-0.2, 0) is 4.79 Å². The van der Waals surface area contributed by atoms with Crippen molar-refractivity contribution in [2.24, 2.45) is 5.92 Å². The summed E-state index contributed by atoms with van der Waals surface area (Å²) in [7, 11) is 2.05. The summed E-state index contributed by atoms with van der Waals surface area (Å²) >= 11 is 0. The molecule has 19 heavy (non-hydrogen) atoms. The van der Waals surface area contributed by atoms with Gasteiger partial charge in [-0.2, -0.15) is 0 Å². The Morgan fingerprint density at radius 3 is 2.68 bits per heavy atom. The molecule has 2 N–H and O–H groups in total. The van der Waals surface area contributed by atoms with E-state index < -0.39 is 0 Å². The maximum absolute atomic E-state index is 12.0. The average molecular weight is 269 g/mol. The standard InChI is InChI=1S/C15H31N3O/c1-12(2)7-8-13(3)17-15(19)11-18(4)14-6-5-9-16-10-14/h12-14,16H,5-11H2,1-4H3,(H,17,19). The van der Waals surface area contributed by atoms with Crippen LogP contribution in [0.3, 0.4) is 0 Å². The van der Waals surface area contributed by atoms with Gasteiger partial charge in [0.25, 0.3) is 0 Å². The van der Waals surface area contributed by atoms with Crippen LogP contribution in [0.5, 0.6) is 0 Å². The molecule has 112 valence electrons. The highest BCUT2D eigenvalue weighted by Crippen LogP contribution is 2.09. The summed E-state index contributed by atoms with van der Waals surface area (Å²) in [4.78, 5) is 14.2. The number of carbonyl (C=O) groups is 1. The summed E-state index contributed by atoms with van der Waals surface area (Å²) in [6.07, 6.45) is 4.64. The van der Waals surface area contributed by atoms with Crippen molar-refractivity contribution < 1.29 is 4.79 Å². The van der Waals surface area contributed by atoms with Crippen LogP contribution >= 0.6 is 0 Å². The van der Waals surface area contributed by atoms with E-state index >= 15 is 0 Å². The van der Waals surface area contributed by atoms with Crippen molar-refractivity contribution in [3.8, 4) is 0 Å². The Kier molecular flexibility index (Phi) is 7.39. The molecule has 0 aromatic carbocycles. The number of nitrogens with zero attached hydrogens (tertiary/aromatic N) is 1. The summed E-state index contributed by atoms with van der Waals surface area (Å²) < 4.78 is 0. The summed E-state index contributed by atoms with van der Waals surface area (Å²) in [6, 6.07) is 0.790. The van der Waals surface area contributed by atoms with Gasteiger partial charge in [-0.05, 0) is 52.1 Å². The first-order valence-corrected chi connectivity index (χ1v) is 7.69. The summed E-state index contributed by atoms with van der Waals surface area (Å²) in [6.45, 7) is 9.17. The van der Waals surface area contributed by atoms with Crippen molar-refractivity contribution in [2.75, 3.05) is 26.7 Å². The highest BCUT2D eigenvalue weighted by atomic mass is 16.2. The molecular weight excluding hydrogens is 238 g/mol. The molecule has 0 radical (unpaired) electrons. The van der Waals surface area contributed by atoms with E-state index in [0.717, 1.165) is 19.5 Å². The molecule has 1 fully saturated rings. The van der Waals surface area contributed by atoms with E-state index in [-0.39, 0.29) is 11.9 Å². The second-order valence-electron chi connectivity index (χ2n) is 6.36. The molecule has 0 aromatic rings. The van der Waals surface area contributed by atoms with Crippen molar-refractivity contribution >= 4 is 5.91 Å². The molecule has 0 saturated carbocycles. The van der Waals surface area contributed by atoms with E-state index in [9.17, 15) is 4.79 Å². The van der Waals surface area contributed by atoms with Crippen LogP contribution in [0.1, 0.15) is 46.5 Å². The van der Waals surface area contributed by atoms with Gasteiger partial charge in [-0.15, -0.1) is 0 Å². The fourth-order valence-electron chi connectivity index (χ4n) is 2.54. The monoisotopic (exact) mass is 269 g/mol. The van der Waals surface area contributed by atoms with Crippen molar-refractivity contribution in [2.45, 2.75) is 58.5 Å². The van der Waals surface area contributed by atoms with Crippen molar-refractivity contribution in [1.29, 1.82) is 0 Å². The molecule has 4 nitrogen and oxygen atoms in total. The third-order valence-electron chi connectivity index (χ3n) is 3.87. The van der Waals surface area contributed by atoms with Gasteiger partial charge in [-0.1, -0.05) is 13.8 Å². The van der Waals surface area contributed by atoms with Crippen LogP contribution in [0.2, 0.25) is 0 Å². The molecule has 2 atom stereocenters. The number of hydrogen-bond acceptors (Lipinski definition) is 3. The number of likely N-dealkylation sites (N-methyl/N-ethyl adjacent to an activating group) is 1. The quantitative estimate of drug-likeness (QED) is 0.738. The minimum absolute atomic E-state index is 0.157. The van der Waals surface area contributed by atoms with Crippen molar-refractivity contribution in [1.82, 2.24) is 15.5 Å². The van der Waals surface area contributed by atoms with E-state index in [1.54, 1.807) is 0 Å². The van der Waals surface area contributed by atoms with E-state index in [1.807, 2.05) is 0 Å². The van der Waals surface area contributed by atoms with E-state index in [2.05, 4.69) is 43.4 Å². The zero-order valence-corrected chi connectivity index (χ0v) is 13.0. The number of hydrogen-bond donors (Lipinski definition) is 2. The van der Waals surface area contributed by atoms with Crippen molar-refractivity contribution in [3.05, 3.63) is 0 Å². The predicted octanol–water partition coefficient (Wildman–Crippen LogP) is 1.61. The third-order valence-corrected chi connectivity index (χ3v) is 3.87. The van der Waals surface area contributed by atoms with E-state index in [0.29, 0.717) is 18.5 Å². The minimum atomic E-state index is 0.157. The Balaban J connectivity index is 2.21. The summed E-state index contributed by atoms with van der Waals surface area (Å²) in [5, 5.41) is 6.49. The maximum Gasteiger partial charge on any atom is 0.234 e. The van der Waals surface area contributed by atoms with Crippen LogP contribution in [0.25, 0.3) is 0 Å². The lowest BCUT2D eigenvalue weighted by molar-refractivity contribution is -0.123. The predicted molar refractivity (Wildman–Crippen MR) is 80.2 cm³/mol. The third kappa shape index (κ3) is 6.92. The number of carbonyl (C=O) groups excluding carboxylic acids is 1. The molecule has 1 amide bonds. The number of rotatable bonds is 7. The Hall–Kier alpha value is -0.610. The Labute approximate surface area is 118 Å². The smallest absolute Gasteiger partial charge is 0.234 e. The fraction of sp³-hybridized carbons (Fsp3) is 0.933. The molecular formula is C15H31N3O. The normalized spacial score (nSPS) is 21.7. The lowest BCUT2D eigenvalue weighted by atomic mass is 10.0. The average Bonchev–Trinajstić information content (AvgIpc) is 2.37. The molecule has 1 aliphatic heterocycles. The van der Waals surface area contributed by atoms with E-state index in [4.69, 9.17) is 0 Å². The van der Waals surface area contributed by atoms with Gasteiger partial charge >= 0.3 is 0 Å². The van der Waals surface area contributed by atoms with Crippen LogP contribution in [0.15, 0.2) is 0 Å². The van der Waals surface area contributed by atoms with Gasteiger partial charge in [0.1, 0.15) is 0 Å². The summed E-state index contributed by atoms with van der Waals surface area (Å²) in [5.74, 6) is 0.861. The zero-order chi connectivity index (χ0) is 14.3. The Bertz CT molecular complexity index is 262. The maximum atomic E-state index is 12.0. The largest absolute Gasteiger partial charge is 0.353 e. The molecule has 1 aliphatic rings. The van der Waals surface area contributed by atoms with Gasteiger partial charge in [0, 0.05) is 18.6 Å². The van der Waals surface area contributed by atoms with Gasteiger partial charge in [0.05, 0.1) is 6.54 Å². The van der Waals surface area contributed by atoms with Crippen LogP contribution < -0.4 is 10.6 Å². The van der Waals surface area contributed by atoms with Crippen LogP contribution in [-0.4, -0.2) is 49.6 Å². The Morgan fingerprint density at radius 1 is 1.37 bits per heavy atom. The zero-order valence-electron chi connectivity index (χ0n) is 13.0. The summed E-state index contributed by atoms with van der Waals surface area (Å²) in [5.41, 5.74) is 0. The molecule has 0 spiro atoms. The van der Waals surface area contributed by atoms with Gasteiger partial charge in [-0.25, -0.2) is 0 Å². The molecule has 0 bridgehead atoms. The SMILES string of the molecule is CC(C)CCC(C)NC(=O)CN(C)C1CCCNC1. The molecule has 0 aromatic heterocycles. The highest BCUT2D eigenvalue weighted by Gasteiger charge is 2.20. The molecule has 4 heteroatoms.